The number of primary amides is 1. The van der Waals surface area contributed by atoms with E-state index in [4.69, 9.17) is 5.73 Å². The van der Waals surface area contributed by atoms with E-state index < -0.39 is 18.4 Å². The molecular formula is C12H14F2N2O3. The standard InChI is InChI=1S/C12H14F2N2O3/c13-12(14)19-7-3-6-10(17)16-9-5-2-1-4-8(9)11(15)18/h1-2,4-5,12H,3,6-7H2,(H2,15,18)(H,16,17). The van der Waals surface area contributed by atoms with Gasteiger partial charge in [-0.15, -0.1) is 0 Å². The summed E-state index contributed by atoms with van der Waals surface area (Å²) in [5.74, 6) is -1.05. The third-order valence-electron chi connectivity index (χ3n) is 2.26. The SMILES string of the molecule is NC(=O)c1ccccc1NC(=O)CCCOC(F)F. The molecule has 0 aliphatic heterocycles. The third kappa shape index (κ3) is 5.43. The molecule has 0 radical (unpaired) electrons. The predicted octanol–water partition coefficient (Wildman–Crippen LogP) is 1.74. The van der Waals surface area contributed by atoms with Crippen LogP contribution < -0.4 is 11.1 Å². The first-order chi connectivity index (χ1) is 9.00. The van der Waals surface area contributed by atoms with Crippen molar-refractivity contribution in [3.8, 4) is 0 Å². The van der Waals surface area contributed by atoms with Crippen molar-refractivity contribution < 1.29 is 23.1 Å². The Balaban J connectivity index is 2.46. The summed E-state index contributed by atoms with van der Waals surface area (Å²) in [6.45, 7) is -3.04. The van der Waals surface area contributed by atoms with E-state index in [0.717, 1.165) is 0 Å². The number of benzene rings is 1. The molecule has 0 aromatic heterocycles. The summed E-state index contributed by atoms with van der Waals surface area (Å²) >= 11 is 0. The maximum Gasteiger partial charge on any atom is 0.345 e. The maximum absolute atomic E-state index is 11.7. The van der Waals surface area contributed by atoms with Crippen LogP contribution in [-0.2, 0) is 9.53 Å². The van der Waals surface area contributed by atoms with E-state index in [1.807, 2.05) is 0 Å². The zero-order valence-electron chi connectivity index (χ0n) is 10.1. The summed E-state index contributed by atoms with van der Waals surface area (Å²) in [6, 6.07) is 6.28. The number of carbonyl (C=O) groups is 2. The Kier molecular flexibility index (Phi) is 5.87. The first-order valence-corrected chi connectivity index (χ1v) is 5.59. The Labute approximate surface area is 108 Å². The Hall–Kier alpha value is -2.02. The van der Waals surface area contributed by atoms with E-state index in [9.17, 15) is 18.4 Å². The molecule has 0 fully saturated rings. The number of ether oxygens (including phenoxy) is 1. The van der Waals surface area contributed by atoms with Gasteiger partial charge < -0.3 is 15.8 Å². The van der Waals surface area contributed by atoms with Crippen LogP contribution in [0.3, 0.4) is 0 Å². The van der Waals surface area contributed by atoms with Gasteiger partial charge in [0, 0.05) is 6.42 Å². The highest BCUT2D eigenvalue weighted by Gasteiger charge is 2.10. The van der Waals surface area contributed by atoms with Crippen LogP contribution in [0.1, 0.15) is 23.2 Å². The summed E-state index contributed by atoms with van der Waals surface area (Å²) < 4.78 is 27.4. The van der Waals surface area contributed by atoms with Crippen LogP contribution >= 0.6 is 0 Å². The Morgan fingerprint density at radius 3 is 2.63 bits per heavy atom. The molecule has 0 spiro atoms. The quantitative estimate of drug-likeness (QED) is 0.742. The highest BCUT2D eigenvalue weighted by molar-refractivity contribution is 6.02. The highest BCUT2D eigenvalue weighted by atomic mass is 19.3. The first-order valence-electron chi connectivity index (χ1n) is 5.59. The minimum atomic E-state index is -2.83. The number of nitrogens with one attached hydrogen (secondary N) is 1. The van der Waals surface area contributed by atoms with Gasteiger partial charge in [-0.05, 0) is 18.6 Å². The van der Waals surface area contributed by atoms with Crippen molar-refractivity contribution >= 4 is 17.5 Å². The number of rotatable bonds is 7. The van der Waals surface area contributed by atoms with E-state index in [-0.39, 0.29) is 25.0 Å². The van der Waals surface area contributed by atoms with Gasteiger partial charge >= 0.3 is 6.61 Å². The van der Waals surface area contributed by atoms with Crippen LogP contribution in [0.4, 0.5) is 14.5 Å². The summed E-state index contributed by atoms with van der Waals surface area (Å²) in [4.78, 5) is 22.6. The van der Waals surface area contributed by atoms with E-state index in [1.165, 1.54) is 12.1 Å². The van der Waals surface area contributed by atoms with Gasteiger partial charge in [-0.25, -0.2) is 0 Å². The summed E-state index contributed by atoms with van der Waals surface area (Å²) in [7, 11) is 0. The van der Waals surface area contributed by atoms with Crippen LogP contribution in [0.2, 0.25) is 0 Å². The number of alkyl halides is 2. The van der Waals surface area contributed by atoms with Gasteiger partial charge in [-0.3, -0.25) is 9.59 Å². The fourth-order valence-electron chi connectivity index (χ4n) is 1.42. The van der Waals surface area contributed by atoms with Gasteiger partial charge in [0.2, 0.25) is 5.91 Å². The van der Waals surface area contributed by atoms with Crippen molar-refractivity contribution in [1.82, 2.24) is 0 Å². The zero-order valence-corrected chi connectivity index (χ0v) is 10.1. The predicted molar refractivity (Wildman–Crippen MR) is 64.8 cm³/mol. The molecule has 1 aromatic carbocycles. The first kappa shape index (κ1) is 15.0. The van der Waals surface area contributed by atoms with Crippen molar-refractivity contribution in [3.63, 3.8) is 0 Å². The van der Waals surface area contributed by atoms with Gasteiger partial charge in [-0.1, -0.05) is 12.1 Å². The van der Waals surface area contributed by atoms with E-state index in [0.29, 0.717) is 5.69 Å². The fraction of sp³-hybridized carbons (Fsp3) is 0.333. The molecule has 7 heteroatoms. The monoisotopic (exact) mass is 272 g/mol. The molecule has 3 N–H and O–H groups in total. The number of halogens is 2. The van der Waals surface area contributed by atoms with Gasteiger partial charge in [0.15, 0.2) is 0 Å². The molecule has 0 aliphatic rings. The van der Waals surface area contributed by atoms with Crippen LogP contribution in [-0.4, -0.2) is 25.0 Å². The molecule has 0 aliphatic carbocycles. The molecule has 0 heterocycles. The summed E-state index contributed by atoms with van der Waals surface area (Å²) in [5, 5.41) is 2.50. The minimum Gasteiger partial charge on any atom is -0.366 e. The molecule has 2 amide bonds. The number of para-hydroxylation sites is 1. The average molecular weight is 272 g/mol. The molecule has 104 valence electrons. The van der Waals surface area contributed by atoms with Crippen LogP contribution in [0.5, 0.6) is 0 Å². The minimum absolute atomic E-state index is 0.0137. The van der Waals surface area contributed by atoms with E-state index in [2.05, 4.69) is 10.1 Å². The molecule has 0 saturated heterocycles. The lowest BCUT2D eigenvalue weighted by atomic mass is 10.1. The second kappa shape index (κ2) is 7.42. The summed E-state index contributed by atoms with van der Waals surface area (Å²) in [5.41, 5.74) is 5.65. The zero-order chi connectivity index (χ0) is 14.3. The number of nitrogens with two attached hydrogens (primary N) is 1. The van der Waals surface area contributed by atoms with Gasteiger partial charge in [0.05, 0.1) is 17.9 Å². The highest BCUT2D eigenvalue weighted by Crippen LogP contribution is 2.14. The lowest BCUT2D eigenvalue weighted by molar-refractivity contribution is -0.132. The molecule has 0 bridgehead atoms. The molecule has 0 saturated carbocycles. The normalized spacial score (nSPS) is 10.5. The third-order valence-corrected chi connectivity index (χ3v) is 2.26. The smallest absolute Gasteiger partial charge is 0.345 e. The Morgan fingerprint density at radius 1 is 1.32 bits per heavy atom. The lowest BCUT2D eigenvalue weighted by Crippen LogP contribution is -2.18. The lowest BCUT2D eigenvalue weighted by Gasteiger charge is -2.08. The number of anilines is 1. The fourth-order valence-corrected chi connectivity index (χ4v) is 1.42. The molecule has 19 heavy (non-hydrogen) atoms. The summed E-state index contributed by atoms with van der Waals surface area (Å²) in [6.07, 6.45) is 0.175. The van der Waals surface area contributed by atoms with Gasteiger partial charge in [-0.2, -0.15) is 8.78 Å². The Morgan fingerprint density at radius 2 is 2.00 bits per heavy atom. The van der Waals surface area contributed by atoms with Crippen molar-refractivity contribution in [2.24, 2.45) is 5.73 Å². The van der Waals surface area contributed by atoms with Crippen molar-refractivity contribution in [2.45, 2.75) is 19.5 Å². The molecule has 5 nitrogen and oxygen atoms in total. The van der Waals surface area contributed by atoms with E-state index >= 15 is 0 Å². The van der Waals surface area contributed by atoms with Crippen LogP contribution in [0, 0.1) is 0 Å². The second-order valence-corrected chi connectivity index (χ2v) is 3.69. The number of hydrogen-bond acceptors (Lipinski definition) is 3. The maximum atomic E-state index is 11.7. The number of carbonyl (C=O) groups excluding carboxylic acids is 2. The molecule has 0 unspecified atom stereocenters. The average Bonchev–Trinajstić information content (AvgIpc) is 2.35. The van der Waals surface area contributed by atoms with Crippen LogP contribution in [0.15, 0.2) is 24.3 Å². The number of amides is 2. The second-order valence-electron chi connectivity index (χ2n) is 3.69. The van der Waals surface area contributed by atoms with E-state index in [1.54, 1.807) is 12.1 Å². The number of hydrogen-bond donors (Lipinski definition) is 2. The molecular weight excluding hydrogens is 258 g/mol. The van der Waals surface area contributed by atoms with Crippen molar-refractivity contribution in [1.29, 1.82) is 0 Å². The molecule has 0 atom stereocenters. The Bertz CT molecular complexity index is 452. The molecule has 1 rings (SSSR count). The largest absolute Gasteiger partial charge is 0.366 e. The molecule has 1 aromatic rings. The topological polar surface area (TPSA) is 81.4 Å². The van der Waals surface area contributed by atoms with Gasteiger partial charge in [0.1, 0.15) is 0 Å². The van der Waals surface area contributed by atoms with Gasteiger partial charge in [0.25, 0.3) is 5.91 Å². The van der Waals surface area contributed by atoms with Crippen molar-refractivity contribution in [3.05, 3.63) is 29.8 Å². The van der Waals surface area contributed by atoms with Crippen molar-refractivity contribution in [2.75, 3.05) is 11.9 Å². The van der Waals surface area contributed by atoms with Crippen LogP contribution in [0.25, 0.3) is 0 Å².